The first-order chi connectivity index (χ1) is 4.54. The van der Waals surface area contributed by atoms with Crippen LogP contribution in [0.25, 0.3) is 0 Å². The van der Waals surface area contributed by atoms with Crippen LogP contribution >= 0.6 is 11.8 Å². The summed E-state index contributed by atoms with van der Waals surface area (Å²) in [4.78, 5) is 0. The van der Waals surface area contributed by atoms with Gasteiger partial charge >= 0.3 is 0 Å². The second kappa shape index (κ2) is 4.13. The fourth-order valence-corrected chi connectivity index (χ4v) is 1.12. The Morgan fingerprint density at radius 1 is 1.60 bits per heavy atom. The van der Waals surface area contributed by atoms with E-state index in [0.717, 1.165) is 0 Å². The highest BCUT2D eigenvalue weighted by Gasteiger charge is 2.25. The summed E-state index contributed by atoms with van der Waals surface area (Å²) in [6.45, 7) is 3.22. The fraction of sp³-hybridized carbons (Fsp3) is 1.00. The number of hydrogen-bond acceptors (Lipinski definition) is 2. The Balaban J connectivity index is 3.80. The Morgan fingerprint density at radius 3 is 2.20 bits per heavy atom. The second-order valence-electron chi connectivity index (χ2n) is 2.34. The number of halogens is 2. The summed E-state index contributed by atoms with van der Waals surface area (Å²) >= 11 is 0.519. The average molecular weight is 170 g/mol. The summed E-state index contributed by atoms with van der Waals surface area (Å²) in [6.07, 6.45) is 0.554. The van der Waals surface area contributed by atoms with Crippen LogP contribution in [0.3, 0.4) is 0 Å². The third kappa shape index (κ3) is 3.37. The Bertz CT molecular complexity index is 93.7. The highest BCUT2D eigenvalue weighted by Crippen LogP contribution is 2.32. The molecule has 0 bridgehead atoms. The molecule has 1 atom stereocenters. The maximum absolute atomic E-state index is 11.8. The Kier molecular flexibility index (Phi) is 4.20. The maximum Gasteiger partial charge on any atom is 0.285 e. The Hall–Kier alpha value is 0.170. The van der Waals surface area contributed by atoms with E-state index in [4.69, 9.17) is 5.11 Å². The molecule has 0 aliphatic carbocycles. The molecule has 0 rings (SSSR count). The standard InChI is InChI=1S/C6H12F2OS/c1-3-6(2,4-9)10-5(7)8/h5,9H,3-4H2,1-2H3. The monoisotopic (exact) mass is 170 g/mol. The van der Waals surface area contributed by atoms with E-state index < -0.39 is 10.5 Å². The summed E-state index contributed by atoms with van der Waals surface area (Å²) in [7, 11) is 0. The molecule has 1 nitrogen and oxygen atoms in total. The van der Waals surface area contributed by atoms with Gasteiger partial charge in [-0.15, -0.1) is 0 Å². The summed E-state index contributed by atoms with van der Waals surface area (Å²) in [5.41, 5.74) is 0. The Labute approximate surface area is 63.8 Å². The molecule has 4 heteroatoms. The van der Waals surface area contributed by atoms with Crippen LogP contribution in [0.1, 0.15) is 20.3 Å². The van der Waals surface area contributed by atoms with E-state index in [9.17, 15) is 8.78 Å². The largest absolute Gasteiger partial charge is 0.395 e. The van der Waals surface area contributed by atoms with Gasteiger partial charge in [0, 0.05) is 4.75 Å². The van der Waals surface area contributed by atoms with Crippen molar-refractivity contribution in [1.29, 1.82) is 0 Å². The lowest BCUT2D eigenvalue weighted by Gasteiger charge is -2.23. The average Bonchev–Trinajstić information content (AvgIpc) is 1.87. The first-order valence-electron chi connectivity index (χ1n) is 3.11. The molecule has 0 aromatic heterocycles. The normalized spacial score (nSPS) is 17.4. The number of alkyl halides is 2. The summed E-state index contributed by atoms with van der Waals surface area (Å²) in [6, 6.07) is 0. The Morgan fingerprint density at radius 2 is 2.10 bits per heavy atom. The SMILES string of the molecule is CCC(C)(CO)SC(F)F. The molecule has 0 spiro atoms. The first kappa shape index (κ1) is 10.2. The summed E-state index contributed by atoms with van der Waals surface area (Å²) in [5, 5.41) is 8.68. The molecule has 1 N–H and O–H groups in total. The molecule has 0 aromatic carbocycles. The predicted octanol–water partition coefficient (Wildman–Crippen LogP) is 2.10. The molecule has 0 saturated heterocycles. The molecule has 0 saturated carbocycles. The lowest BCUT2D eigenvalue weighted by molar-refractivity contribution is 0.229. The number of rotatable bonds is 4. The van der Waals surface area contributed by atoms with Crippen molar-refractivity contribution in [2.45, 2.75) is 30.8 Å². The van der Waals surface area contributed by atoms with E-state index in [1.807, 2.05) is 0 Å². The van der Waals surface area contributed by atoms with Crippen LogP contribution in [0.4, 0.5) is 8.78 Å². The van der Waals surface area contributed by atoms with Crippen LogP contribution in [0.5, 0.6) is 0 Å². The molecule has 0 amide bonds. The van der Waals surface area contributed by atoms with Crippen molar-refractivity contribution >= 4 is 11.8 Å². The number of thioether (sulfide) groups is 1. The lowest BCUT2D eigenvalue weighted by atomic mass is 10.1. The van der Waals surface area contributed by atoms with Crippen molar-refractivity contribution in [3.05, 3.63) is 0 Å². The van der Waals surface area contributed by atoms with Crippen LogP contribution in [-0.2, 0) is 0 Å². The van der Waals surface area contributed by atoms with Crippen molar-refractivity contribution in [3.63, 3.8) is 0 Å². The molecule has 0 radical (unpaired) electrons. The predicted molar refractivity (Wildman–Crippen MR) is 39.4 cm³/mol. The molecular formula is C6H12F2OS. The maximum atomic E-state index is 11.8. The van der Waals surface area contributed by atoms with Crippen molar-refractivity contribution in [2.75, 3.05) is 6.61 Å². The van der Waals surface area contributed by atoms with E-state index in [-0.39, 0.29) is 6.61 Å². The minimum atomic E-state index is -2.39. The zero-order valence-corrected chi connectivity index (χ0v) is 6.92. The van der Waals surface area contributed by atoms with E-state index in [0.29, 0.717) is 18.2 Å². The molecule has 62 valence electrons. The smallest absolute Gasteiger partial charge is 0.285 e. The van der Waals surface area contributed by atoms with E-state index in [2.05, 4.69) is 0 Å². The molecule has 0 aromatic rings. The van der Waals surface area contributed by atoms with Gasteiger partial charge in [-0.25, -0.2) is 0 Å². The summed E-state index contributed by atoms with van der Waals surface area (Å²) < 4.78 is 22.8. The van der Waals surface area contributed by atoms with Crippen molar-refractivity contribution < 1.29 is 13.9 Å². The van der Waals surface area contributed by atoms with E-state index in [1.165, 1.54) is 0 Å². The molecule has 0 heterocycles. The molecule has 10 heavy (non-hydrogen) atoms. The van der Waals surface area contributed by atoms with Gasteiger partial charge in [0.2, 0.25) is 0 Å². The van der Waals surface area contributed by atoms with Crippen molar-refractivity contribution in [2.24, 2.45) is 0 Å². The zero-order valence-electron chi connectivity index (χ0n) is 6.10. The van der Waals surface area contributed by atoms with Gasteiger partial charge in [-0.05, 0) is 13.3 Å². The van der Waals surface area contributed by atoms with E-state index >= 15 is 0 Å². The van der Waals surface area contributed by atoms with Gasteiger partial charge in [0.05, 0.1) is 6.61 Å². The van der Waals surface area contributed by atoms with Crippen molar-refractivity contribution in [1.82, 2.24) is 0 Å². The zero-order chi connectivity index (χ0) is 8.20. The van der Waals surface area contributed by atoms with Gasteiger partial charge in [-0.3, -0.25) is 0 Å². The quantitative estimate of drug-likeness (QED) is 0.697. The van der Waals surface area contributed by atoms with Gasteiger partial charge < -0.3 is 5.11 Å². The molecule has 0 aliphatic heterocycles. The molecule has 1 unspecified atom stereocenters. The molecular weight excluding hydrogens is 158 g/mol. The molecule has 0 aliphatic rings. The fourth-order valence-electron chi connectivity index (χ4n) is 0.447. The van der Waals surface area contributed by atoms with Gasteiger partial charge in [-0.1, -0.05) is 18.7 Å². The topological polar surface area (TPSA) is 20.2 Å². The van der Waals surface area contributed by atoms with Crippen molar-refractivity contribution in [3.8, 4) is 0 Å². The van der Waals surface area contributed by atoms with Crippen LogP contribution in [0.2, 0.25) is 0 Å². The highest BCUT2D eigenvalue weighted by molar-refractivity contribution is 8.00. The second-order valence-corrected chi connectivity index (χ2v) is 3.92. The van der Waals surface area contributed by atoms with Gasteiger partial charge in [0.25, 0.3) is 5.76 Å². The number of hydrogen-bond donors (Lipinski definition) is 1. The van der Waals surface area contributed by atoms with Crippen LogP contribution in [0.15, 0.2) is 0 Å². The molecule has 0 fully saturated rings. The number of aliphatic hydroxyl groups is 1. The van der Waals surface area contributed by atoms with Crippen LogP contribution in [0, 0.1) is 0 Å². The van der Waals surface area contributed by atoms with Crippen LogP contribution in [-0.4, -0.2) is 22.2 Å². The minimum absolute atomic E-state index is 0.196. The first-order valence-corrected chi connectivity index (χ1v) is 3.99. The third-order valence-corrected chi connectivity index (χ3v) is 2.62. The summed E-state index contributed by atoms with van der Waals surface area (Å²) in [5.74, 6) is -2.39. The van der Waals surface area contributed by atoms with Gasteiger partial charge in [0.1, 0.15) is 0 Å². The van der Waals surface area contributed by atoms with Gasteiger partial charge in [0.15, 0.2) is 0 Å². The number of aliphatic hydroxyl groups excluding tert-OH is 1. The van der Waals surface area contributed by atoms with E-state index in [1.54, 1.807) is 13.8 Å². The minimum Gasteiger partial charge on any atom is -0.395 e. The van der Waals surface area contributed by atoms with Crippen LogP contribution < -0.4 is 0 Å². The highest BCUT2D eigenvalue weighted by atomic mass is 32.2. The van der Waals surface area contributed by atoms with Gasteiger partial charge in [-0.2, -0.15) is 8.78 Å². The lowest BCUT2D eigenvalue weighted by Crippen LogP contribution is -2.25. The third-order valence-electron chi connectivity index (χ3n) is 1.46.